The molecule has 0 aliphatic carbocycles. The second-order valence-corrected chi connectivity index (χ2v) is 4.06. The summed E-state index contributed by atoms with van der Waals surface area (Å²) >= 11 is 6.06. The summed E-state index contributed by atoms with van der Waals surface area (Å²) in [5.41, 5.74) is 7.44. The molecule has 4 heteroatoms. The zero-order valence-corrected chi connectivity index (χ0v) is 9.79. The number of hydrogen-bond acceptors (Lipinski definition) is 3. The maximum absolute atomic E-state index is 6.06. The summed E-state index contributed by atoms with van der Waals surface area (Å²) in [7, 11) is 0. The van der Waals surface area contributed by atoms with Crippen molar-refractivity contribution in [3.63, 3.8) is 0 Å². The Morgan fingerprint density at radius 1 is 1.31 bits per heavy atom. The van der Waals surface area contributed by atoms with Gasteiger partial charge in [0.2, 0.25) is 0 Å². The Balaban J connectivity index is 2.08. The molecule has 0 unspecified atom stereocenters. The molecule has 1 aromatic heterocycles. The number of anilines is 1. The highest BCUT2D eigenvalue weighted by Crippen LogP contribution is 2.19. The summed E-state index contributed by atoms with van der Waals surface area (Å²) < 4.78 is 5.30. The van der Waals surface area contributed by atoms with E-state index in [1.807, 2.05) is 31.2 Å². The minimum absolute atomic E-state index is 0.228. The van der Waals surface area contributed by atoms with Gasteiger partial charge >= 0.3 is 0 Å². The largest absolute Gasteiger partial charge is 0.429 e. The van der Waals surface area contributed by atoms with Gasteiger partial charge in [0.1, 0.15) is 5.76 Å². The molecule has 0 saturated heterocycles. The van der Waals surface area contributed by atoms with E-state index in [-0.39, 0.29) is 6.01 Å². The first-order valence-corrected chi connectivity index (χ1v) is 5.50. The van der Waals surface area contributed by atoms with Crippen LogP contribution in [0.5, 0.6) is 0 Å². The van der Waals surface area contributed by atoms with E-state index in [9.17, 15) is 0 Å². The third-order valence-corrected chi connectivity index (χ3v) is 2.86. The summed E-state index contributed by atoms with van der Waals surface area (Å²) in [6.07, 6.45) is 1.59. The molecule has 0 bridgehead atoms. The van der Waals surface area contributed by atoms with Crippen molar-refractivity contribution in [2.75, 3.05) is 5.73 Å². The summed E-state index contributed by atoms with van der Waals surface area (Å²) in [5.74, 6) is 0.831. The lowest BCUT2D eigenvalue weighted by Crippen LogP contribution is -1.92. The van der Waals surface area contributed by atoms with Crippen LogP contribution < -0.4 is 5.73 Å². The standard InChI is InChI=1S/C12H13ClN2O/c1-8-11(16-12(14)15-8)7-6-9-4-2-3-5-10(9)13/h2-5H,6-7H2,1H3,(H2,14,15). The van der Waals surface area contributed by atoms with Crippen LogP contribution in [-0.4, -0.2) is 4.98 Å². The van der Waals surface area contributed by atoms with Gasteiger partial charge in [0.05, 0.1) is 5.69 Å². The van der Waals surface area contributed by atoms with Gasteiger partial charge in [-0.15, -0.1) is 0 Å². The number of oxazole rings is 1. The summed E-state index contributed by atoms with van der Waals surface area (Å²) in [6.45, 7) is 1.89. The van der Waals surface area contributed by atoms with E-state index in [1.165, 1.54) is 0 Å². The van der Waals surface area contributed by atoms with Crippen LogP contribution in [0.3, 0.4) is 0 Å². The van der Waals surface area contributed by atoms with Gasteiger partial charge in [0.15, 0.2) is 0 Å². The number of rotatable bonds is 3. The number of nitrogens with zero attached hydrogens (tertiary/aromatic N) is 1. The molecular formula is C12H13ClN2O. The summed E-state index contributed by atoms with van der Waals surface area (Å²) in [4.78, 5) is 4.02. The molecule has 0 spiro atoms. The Morgan fingerprint density at radius 3 is 2.69 bits per heavy atom. The van der Waals surface area contributed by atoms with Gasteiger partial charge in [-0.05, 0) is 25.0 Å². The SMILES string of the molecule is Cc1nc(N)oc1CCc1ccccc1Cl. The van der Waals surface area contributed by atoms with Gasteiger partial charge in [0, 0.05) is 11.4 Å². The zero-order valence-electron chi connectivity index (χ0n) is 9.03. The van der Waals surface area contributed by atoms with Gasteiger partial charge in [0.25, 0.3) is 6.01 Å². The summed E-state index contributed by atoms with van der Waals surface area (Å²) in [5, 5.41) is 0.785. The van der Waals surface area contributed by atoms with Crippen LogP contribution in [0.1, 0.15) is 17.0 Å². The Kier molecular flexibility index (Phi) is 3.15. The molecule has 2 rings (SSSR count). The number of aromatic nitrogens is 1. The minimum Gasteiger partial charge on any atom is -0.429 e. The average molecular weight is 237 g/mol. The van der Waals surface area contributed by atoms with Gasteiger partial charge in [-0.25, -0.2) is 0 Å². The molecule has 1 aromatic carbocycles. The molecule has 3 nitrogen and oxygen atoms in total. The molecule has 0 radical (unpaired) electrons. The van der Waals surface area contributed by atoms with E-state index < -0.39 is 0 Å². The van der Waals surface area contributed by atoms with Crippen LogP contribution in [0.2, 0.25) is 5.02 Å². The van der Waals surface area contributed by atoms with Gasteiger partial charge < -0.3 is 10.2 Å². The Bertz CT molecular complexity index is 494. The van der Waals surface area contributed by atoms with Crippen LogP contribution in [-0.2, 0) is 12.8 Å². The molecule has 2 N–H and O–H groups in total. The molecule has 2 aromatic rings. The van der Waals surface area contributed by atoms with E-state index in [0.29, 0.717) is 0 Å². The first-order chi connectivity index (χ1) is 7.66. The molecule has 0 saturated carbocycles. The highest BCUT2D eigenvalue weighted by atomic mass is 35.5. The average Bonchev–Trinajstić information content (AvgIpc) is 2.56. The molecular weight excluding hydrogens is 224 g/mol. The Hall–Kier alpha value is -1.48. The van der Waals surface area contributed by atoms with E-state index in [4.69, 9.17) is 21.8 Å². The van der Waals surface area contributed by atoms with Crippen LogP contribution >= 0.6 is 11.6 Å². The fraction of sp³-hybridized carbons (Fsp3) is 0.250. The van der Waals surface area contributed by atoms with Crippen molar-refractivity contribution < 1.29 is 4.42 Å². The first-order valence-electron chi connectivity index (χ1n) is 5.12. The molecule has 84 valence electrons. The van der Waals surface area contributed by atoms with Crippen molar-refractivity contribution in [3.8, 4) is 0 Å². The number of hydrogen-bond donors (Lipinski definition) is 1. The van der Waals surface area contributed by atoms with Crippen LogP contribution in [0.4, 0.5) is 6.01 Å². The lowest BCUT2D eigenvalue weighted by Gasteiger charge is -2.02. The lowest BCUT2D eigenvalue weighted by molar-refractivity contribution is 0.519. The maximum Gasteiger partial charge on any atom is 0.292 e. The Labute approximate surface area is 99.2 Å². The fourth-order valence-electron chi connectivity index (χ4n) is 1.63. The topological polar surface area (TPSA) is 52.0 Å². The van der Waals surface area contributed by atoms with Gasteiger partial charge in [-0.1, -0.05) is 29.8 Å². The van der Waals surface area contributed by atoms with Crippen LogP contribution in [0.15, 0.2) is 28.7 Å². The molecule has 0 amide bonds. The molecule has 1 heterocycles. The molecule has 0 atom stereocenters. The predicted molar refractivity (Wildman–Crippen MR) is 64.5 cm³/mol. The predicted octanol–water partition coefficient (Wildman–Crippen LogP) is 3.00. The highest BCUT2D eigenvalue weighted by Gasteiger charge is 2.08. The third kappa shape index (κ3) is 2.36. The van der Waals surface area contributed by atoms with Crippen molar-refractivity contribution in [2.24, 2.45) is 0 Å². The van der Waals surface area contributed by atoms with Crippen molar-refractivity contribution in [1.29, 1.82) is 0 Å². The van der Waals surface area contributed by atoms with Crippen molar-refractivity contribution >= 4 is 17.6 Å². The fourth-order valence-corrected chi connectivity index (χ4v) is 1.86. The summed E-state index contributed by atoms with van der Waals surface area (Å²) in [6, 6.07) is 8.02. The molecule has 0 aliphatic heterocycles. The number of nitrogen functional groups attached to an aromatic ring is 1. The number of benzene rings is 1. The normalized spacial score (nSPS) is 10.6. The van der Waals surface area contributed by atoms with Crippen molar-refractivity contribution in [1.82, 2.24) is 4.98 Å². The van der Waals surface area contributed by atoms with Crippen LogP contribution in [0, 0.1) is 6.92 Å². The van der Waals surface area contributed by atoms with E-state index in [2.05, 4.69) is 4.98 Å². The van der Waals surface area contributed by atoms with Crippen molar-refractivity contribution in [3.05, 3.63) is 46.3 Å². The monoisotopic (exact) mass is 236 g/mol. The maximum atomic E-state index is 6.06. The zero-order chi connectivity index (χ0) is 11.5. The van der Waals surface area contributed by atoms with Gasteiger partial charge in [-0.2, -0.15) is 4.98 Å². The third-order valence-electron chi connectivity index (χ3n) is 2.49. The quantitative estimate of drug-likeness (QED) is 0.891. The van der Waals surface area contributed by atoms with E-state index in [0.717, 1.165) is 34.9 Å². The first kappa shape index (κ1) is 11.0. The molecule has 16 heavy (non-hydrogen) atoms. The minimum atomic E-state index is 0.228. The molecule has 0 fully saturated rings. The molecule has 0 aliphatic rings. The van der Waals surface area contributed by atoms with Crippen molar-refractivity contribution in [2.45, 2.75) is 19.8 Å². The van der Waals surface area contributed by atoms with E-state index >= 15 is 0 Å². The van der Waals surface area contributed by atoms with Gasteiger partial charge in [-0.3, -0.25) is 0 Å². The Morgan fingerprint density at radius 2 is 2.06 bits per heavy atom. The number of nitrogens with two attached hydrogens (primary N) is 1. The highest BCUT2D eigenvalue weighted by molar-refractivity contribution is 6.31. The lowest BCUT2D eigenvalue weighted by atomic mass is 10.1. The second kappa shape index (κ2) is 4.58. The smallest absolute Gasteiger partial charge is 0.292 e. The van der Waals surface area contributed by atoms with E-state index in [1.54, 1.807) is 0 Å². The second-order valence-electron chi connectivity index (χ2n) is 3.65. The van der Waals surface area contributed by atoms with Crippen LogP contribution in [0.25, 0.3) is 0 Å². The number of halogens is 1. The number of aryl methyl sites for hydroxylation is 3.